The molecule has 1 aromatic carbocycles. The molecule has 0 amide bonds. The lowest BCUT2D eigenvalue weighted by Gasteiger charge is -2.14. The Balaban J connectivity index is 3.13. The third kappa shape index (κ3) is 2.27. The fourth-order valence-corrected chi connectivity index (χ4v) is 1.41. The quantitative estimate of drug-likeness (QED) is 0.762. The Morgan fingerprint density at radius 1 is 1.40 bits per heavy atom. The number of aliphatic hydroxyl groups is 1. The van der Waals surface area contributed by atoms with Crippen molar-refractivity contribution in [2.24, 2.45) is 0 Å². The van der Waals surface area contributed by atoms with Gasteiger partial charge in [-0.25, -0.2) is 4.79 Å². The van der Waals surface area contributed by atoms with Gasteiger partial charge in [-0.05, 0) is 12.5 Å². The van der Waals surface area contributed by atoms with Crippen LogP contribution in [0, 0.1) is 6.92 Å². The van der Waals surface area contributed by atoms with Gasteiger partial charge >= 0.3 is 5.97 Å². The second-order valence-electron chi connectivity index (χ2n) is 3.12. The van der Waals surface area contributed by atoms with Crippen LogP contribution in [-0.4, -0.2) is 25.3 Å². The zero-order valence-corrected chi connectivity index (χ0v) is 8.98. The Labute approximate surface area is 88.4 Å². The molecular weight excluding hydrogens is 196 g/mol. The van der Waals surface area contributed by atoms with E-state index in [1.54, 1.807) is 12.1 Å². The van der Waals surface area contributed by atoms with Crippen molar-refractivity contribution in [1.29, 1.82) is 0 Å². The molecule has 0 saturated carbocycles. The van der Waals surface area contributed by atoms with E-state index in [4.69, 9.17) is 4.74 Å². The van der Waals surface area contributed by atoms with Crippen LogP contribution in [0.25, 0.3) is 0 Å². The molecular formula is C11H14O4. The molecule has 4 heteroatoms. The molecule has 0 aliphatic rings. The highest BCUT2D eigenvalue weighted by molar-refractivity contribution is 5.77. The molecule has 4 nitrogen and oxygen atoms in total. The normalized spacial score (nSPS) is 12.0. The monoisotopic (exact) mass is 210 g/mol. The van der Waals surface area contributed by atoms with Crippen molar-refractivity contribution in [2.75, 3.05) is 14.2 Å². The number of hydrogen-bond acceptors (Lipinski definition) is 4. The molecule has 0 aliphatic heterocycles. The Hall–Kier alpha value is -1.55. The molecule has 1 atom stereocenters. The zero-order valence-electron chi connectivity index (χ0n) is 8.98. The maximum absolute atomic E-state index is 11.2. The first-order valence-corrected chi connectivity index (χ1v) is 4.51. The van der Waals surface area contributed by atoms with Crippen molar-refractivity contribution in [1.82, 2.24) is 0 Å². The van der Waals surface area contributed by atoms with Gasteiger partial charge in [0.05, 0.1) is 14.2 Å². The summed E-state index contributed by atoms with van der Waals surface area (Å²) in [5, 5.41) is 9.67. The molecule has 15 heavy (non-hydrogen) atoms. The number of ether oxygens (including phenoxy) is 2. The van der Waals surface area contributed by atoms with Crippen molar-refractivity contribution < 1.29 is 19.4 Å². The molecule has 1 N–H and O–H groups in total. The average Bonchev–Trinajstić information content (AvgIpc) is 2.26. The number of carbonyl (C=O) groups is 1. The number of methoxy groups -OCH3 is 2. The Morgan fingerprint density at radius 3 is 2.60 bits per heavy atom. The van der Waals surface area contributed by atoms with E-state index in [0.29, 0.717) is 11.3 Å². The smallest absolute Gasteiger partial charge is 0.339 e. The summed E-state index contributed by atoms with van der Waals surface area (Å²) in [5.41, 5.74) is 1.28. The van der Waals surface area contributed by atoms with Gasteiger partial charge in [0.1, 0.15) is 5.75 Å². The first-order chi connectivity index (χ1) is 7.11. The minimum atomic E-state index is -1.30. The van der Waals surface area contributed by atoms with E-state index in [-0.39, 0.29) is 0 Å². The van der Waals surface area contributed by atoms with Crippen LogP contribution in [0.1, 0.15) is 17.2 Å². The van der Waals surface area contributed by atoms with E-state index in [0.717, 1.165) is 5.56 Å². The molecule has 1 aromatic rings. The van der Waals surface area contributed by atoms with Crippen LogP contribution in [0.2, 0.25) is 0 Å². The second kappa shape index (κ2) is 4.79. The summed E-state index contributed by atoms with van der Waals surface area (Å²) >= 11 is 0. The Kier molecular flexibility index (Phi) is 3.68. The van der Waals surface area contributed by atoms with Gasteiger partial charge in [0, 0.05) is 5.56 Å². The topological polar surface area (TPSA) is 55.8 Å². The van der Waals surface area contributed by atoms with Gasteiger partial charge in [0.25, 0.3) is 0 Å². The van der Waals surface area contributed by atoms with Crippen molar-refractivity contribution in [3.05, 3.63) is 29.3 Å². The van der Waals surface area contributed by atoms with E-state index >= 15 is 0 Å². The van der Waals surface area contributed by atoms with Gasteiger partial charge in [-0.2, -0.15) is 0 Å². The molecule has 0 heterocycles. The summed E-state index contributed by atoms with van der Waals surface area (Å²) in [5.74, 6) is -0.186. The number of carbonyl (C=O) groups excluding carboxylic acids is 1. The van der Waals surface area contributed by atoms with Crippen molar-refractivity contribution in [3.8, 4) is 5.75 Å². The van der Waals surface area contributed by atoms with Gasteiger partial charge in [0.15, 0.2) is 6.10 Å². The summed E-state index contributed by atoms with van der Waals surface area (Å²) in [7, 11) is 2.73. The zero-order chi connectivity index (χ0) is 11.4. The van der Waals surface area contributed by atoms with Crippen LogP contribution in [0.4, 0.5) is 0 Å². The van der Waals surface area contributed by atoms with Crippen LogP contribution < -0.4 is 4.74 Å². The van der Waals surface area contributed by atoms with Crippen LogP contribution in [0.5, 0.6) is 5.75 Å². The lowest BCUT2D eigenvalue weighted by atomic mass is 10.0. The molecule has 1 unspecified atom stereocenters. The molecule has 1 rings (SSSR count). The maximum Gasteiger partial charge on any atom is 0.339 e. The summed E-state index contributed by atoms with van der Waals surface area (Å²) in [6.07, 6.45) is -1.30. The van der Waals surface area contributed by atoms with Gasteiger partial charge in [-0.1, -0.05) is 18.2 Å². The minimum Gasteiger partial charge on any atom is -0.496 e. The number of aliphatic hydroxyl groups excluding tert-OH is 1. The highest BCUT2D eigenvalue weighted by Crippen LogP contribution is 2.28. The summed E-state index contributed by atoms with van der Waals surface area (Å²) in [6, 6.07) is 5.22. The van der Waals surface area contributed by atoms with Gasteiger partial charge < -0.3 is 14.6 Å². The fraction of sp³-hybridized carbons (Fsp3) is 0.364. The van der Waals surface area contributed by atoms with Crippen molar-refractivity contribution in [3.63, 3.8) is 0 Å². The van der Waals surface area contributed by atoms with E-state index in [1.807, 2.05) is 13.0 Å². The maximum atomic E-state index is 11.2. The van der Waals surface area contributed by atoms with E-state index < -0.39 is 12.1 Å². The number of aryl methyl sites for hydroxylation is 1. The SMILES string of the molecule is COC(=O)C(O)c1cccc(C)c1OC. The van der Waals surface area contributed by atoms with Gasteiger partial charge in [-0.15, -0.1) is 0 Å². The first kappa shape index (κ1) is 11.5. The third-order valence-corrected chi connectivity index (χ3v) is 2.17. The molecule has 0 aliphatic carbocycles. The number of rotatable bonds is 3. The van der Waals surface area contributed by atoms with Crippen molar-refractivity contribution in [2.45, 2.75) is 13.0 Å². The standard InChI is InChI=1S/C11H14O4/c1-7-5-4-6-8(10(7)14-2)9(12)11(13)15-3/h4-6,9,12H,1-3H3. The lowest BCUT2D eigenvalue weighted by Crippen LogP contribution is -2.14. The number of para-hydroxylation sites is 1. The number of esters is 1. The molecule has 0 fully saturated rings. The Morgan fingerprint density at radius 2 is 2.07 bits per heavy atom. The highest BCUT2D eigenvalue weighted by atomic mass is 16.5. The lowest BCUT2D eigenvalue weighted by molar-refractivity contribution is -0.150. The van der Waals surface area contributed by atoms with E-state index in [9.17, 15) is 9.90 Å². The third-order valence-electron chi connectivity index (χ3n) is 2.17. The molecule has 0 spiro atoms. The number of benzene rings is 1. The van der Waals surface area contributed by atoms with Gasteiger partial charge in [-0.3, -0.25) is 0 Å². The highest BCUT2D eigenvalue weighted by Gasteiger charge is 2.22. The predicted molar refractivity (Wildman–Crippen MR) is 54.7 cm³/mol. The van der Waals surface area contributed by atoms with E-state index in [2.05, 4.69) is 4.74 Å². The molecule has 0 bridgehead atoms. The fourth-order valence-electron chi connectivity index (χ4n) is 1.41. The minimum absolute atomic E-state index is 0.421. The van der Waals surface area contributed by atoms with Crippen molar-refractivity contribution >= 4 is 5.97 Å². The Bertz CT molecular complexity index is 360. The first-order valence-electron chi connectivity index (χ1n) is 4.51. The second-order valence-corrected chi connectivity index (χ2v) is 3.12. The van der Waals surface area contributed by atoms with Crippen LogP contribution in [0.15, 0.2) is 18.2 Å². The number of hydrogen-bond donors (Lipinski definition) is 1. The summed E-state index contributed by atoms with van der Waals surface area (Å²) in [6.45, 7) is 1.84. The van der Waals surface area contributed by atoms with E-state index in [1.165, 1.54) is 14.2 Å². The molecule has 0 radical (unpaired) electrons. The van der Waals surface area contributed by atoms with Gasteiger partial charge in [0.2, 0.25) is 0 Å². The summed E-state index contributed by atoms with van der Waals surface area (Å²) in [4.78, 5) is 11.2. The van der Waals surface area contributed by atoms with Crippen LogP contribution in [0.3, 0.4) is 0 Å². The molecule has 0 aromatic heterocycles. The van der Waals surface area contributed by atoms with Crippen LogP contribution in [-0.2, 0) is 9.53 Å². The summed E-state index contributed by atoms with van der Waals surface area (Å²) < 4.78 is 9.59. The molecule has 82 valence electrons. The predicted octanol–water partition coefficient (Wildman–Crippen LogP) is 1.21. The van der Waals surface area contributed by atoms with Crippen LogP contribution >= 0.6 is 0 Å². The largest absolute Gasteiger partial charge is 0.496 e. The average molecular weight is 210 g/mol. The molecule has 0 saturated heterocycles.